The molecule has 0 fully saturated rings. The smallest absolute Gasteiger partial charge is 0.259 e. The molecule has 22 heavy (non-hydrogen) atoms. The average molecular weight is 294 g/mol. The molecule has 0 radical (unpaired) electrons. The first-order valence-electron chi connectivity index (χ1n) is 6.96. The van der Waals surface area contributed by atoms with Crippen LogP contribution in [0.5, 0.6) is 0 Å². The van der Waals surface area contributed by atoms with E-state index in [1.165, 1.54) is 0 Å². The molecule has 110 valence electrons. The van der Waals surface area contributed by atoms with E-state index in [0.29, 0.717) is 17.6 Å². The Hall–Kier alpha value is -3.02. The zero-order valence-corrected chi connectivity index (χ0v) is 12.0. The maximum absolute atomic E-state index is 11.5. The van der Waals surface area contributed by atoms with E-state index in [0.717, 1.165) is 11.1 Å². The maximum Gasteiger partial charge on any atom is 0.272 e. The van der Waals surface area contributed by atoms with Gasteiger partial charge in [0.05, 0.1) is 10.4 Å². The minimum absolute atomic E-state index is 0.113. The first kappa shape index (κ1) is 13.9. The van der Waals surface area contributed by atoms with Gasteiger partial charge in [0.25, 0.3) is 5.70 Å². The summed E-state index contributed by atoms with van der Waals surface area (Å²) in [6, 6.07) is 16.7. The fraction of sp³-hybridized carbons (Fsp3) is 0.125. The molecule has 0 spiro atoms. The lowest BCUT2D eigenvalue weighted by molar-refractivity contribution is -0.426. The van der Waals surface area contributed by atoms with Crippen LogP contribution in [0.15, 0.2) is 60.3 Å². The van der Waals surface area contributed by atoms with Crippen LogP contribution in [-0.2, 0) is 0 Å². The van der Waals surface area contributed by atoms with Crippen LogP contribution in [0.25, 0.3) is 16.7 Å². The van der Waals surface area contributed by atoms with Crippen molar-refractivity contribution in [3.8, 4) is 0 Å². The Morgan fingerprint density at radius 3 is 2.50 bits per heavy atom. The van der Waals surface area contributed by atoms with E-state index in [1.54, 1.807) is 11.6 Å². The lowest BCUT2D eigenvalue weighted by atomic mass is 10.1. The van der Waals surface area contributed by atoms with Gasteiger partial charge in [0, 0.05) is 12.0 Å². The SMILES string of the molecule is CC/C(=C(/c1ccccc1)n1nnc2ccccc21)[N+](=O)[O-]. The van der Waals surface area contributed by atoms with Gasteiger partial charge >= 0.3 is 0 Å². The summed E-state index contributed by atoms with van der Waals surface area (Å²) in [4.78, 5) is 11.1. The third-order valence-corrected chi connectivity index (χ3v) is 3.44. The van der Waals surface area contributed by atoms with Crippen molar-refractivity contribution in [1.29, 1.82) is 0 Å². The number of hydrogen-bond donors (Lipinski definition) is 0. The number of fused-ring (bicyclic) bond motifs is 1. The number of nitro groups is 1. The van der Waals surface area contributed by atoms with Crippen molar-refractivity contribution in [1.82, 2.24) is 15.0 Å². The van der Waals surface area contributed by atoms with Gasteiger partial charge in [-0.15, -0.1) is 5.10 Å². The van der Waals surface area contributed by atoms with Crippen LogP contribution < -0.4 is 0 Å². The van der Waals surface area contributed by atoms with E-state index in [-0.39, 0.29) is 10.6 Å². The second-order valence-corrected chi connectivity index (χ2v) is 4.76. The topological polar surface area (TPSA) is 73.8 Å². The van der Waals surface area contributed by atoms with Crippen molar-refractivity contribution >= 4 is 16.7 Å². The normalized spacial score (nSPS) is 12.2. The fourth-order valence-corrected chi connectivity index (χ4v) is 2.42. The number of allylic oxidation sites excluding steroid dienone is 1. The van der Waals surface area contributed by atoms with Crippen molar-refractivity contribution in [3.63, 3.8) is 0 Å². The molecule has 6 nitrogen and oxygen atoms in total. The molecule has 0 aliphatic heterocycles. The molecule has 0 aliphatic rings. The average Bonchev–Trinajstić information content (AvgIpc) is 2.96. The van der Waals surface area contributed by atoms with E-state index in [1.807, 2.05) is 54.6 Å². The maximum atomic E-state index is 11.5. The van der Waals surface area contributed by atoms with Crippen LogP contribution in [0.4, 0.5) is 0 Å². The molecule has 0 aliphatic carbocycles. The molecule has 0 N–H and O–H groups in total. The number of nitrogens with zero attached hydrogens (tertiary/aromatic N) is 4. The Labute approximate surface area is 126 Å². The van der Waals surface area contributed by atoms with Crippen LogP contribution in [0.3, 0.4) is 0 Å². The van der Waals surface area contributed by atoms with Gasteiger partial charge in [0.15, 0.2) is 0 Å². The van der Waals surface area contributed by atoms with Gasteiger partial charge in [0.2, 0.25) is 0 Å². The van der Waals surface area contributed by atoms with Crippen molar-refractivity contribution in [2.24, 2.45) is 0 Å². The van der Waals surface area contributed by atoms with Gasteiger partial charge in [0.1, 0.15) is 11.2 Å². The summed E-state index contributed by atoms with van der Waals surface area (Å²) in [6.07, 6.45) is 0.297. The second-order valence-electron chi connectivity index (χ2n) is 4.76. The summed E-state index contributed by atoms with van der Waals surface area (Å²) in [7, 11) is 0. The summed E-state index contributed by atoms with van der Waals surface area (Å²) in [5.74, 6) is 0. The van der Waals surface area contributed by atoms with Gasteiger partial charge in [-0.3, -0.25) is 10.1 Å². The van der Waals surface area contributed by atoms with E-state index in [4.69, 9.17) is 0 Å². The summed E-state index contributed by atoms with van der Waals surface area (Å²) >= 11 is 0. The molecule has 6 heteroatoms. The highest BCUT2D eigenvalue weighted by atomic mass is 16.6. The lowest BCUT2D eigenvalue weighted by Crippen LogP contribution is -2.10. The van der Waals surface area contributed by atoms with Gasteiger partial charge in [-0.05, 0) is 12.1 Å². The molecule has 1 heterocycles. The summed E-state index contributed by atoms with van der Waals surface area (Å²) in [5, 5.41) is 19.7. The van der Waals surface area contributed by atoms with E-state index in [9.17, 15) is 10.1 Å². The number of para-hydroxylation sites is 1. The Morgan fingerprint density at radius 2 is 1.82 bits per heavy atom. The summed E-state index contributed by atoms with van der Waals surface area (Å²) in [6.45, 7) is 1.76. The Balaban J connectivity index is 2.34. The Kier molecular flexibility index (Phi) is 3.65. The van der Waals surface area contributed by atoms with Gasteiger partial charge in [-0.1, -0.05) is 54.6 Å². The molecular weight excluding hydrogens is 280 g/mol. The third-order valence-electron chi connectivity index (χ3n) is 3.44. The first-order chi connectivity index (χ1) is 10.7. The second kappa shape index (κ2) is 5.77. The fourth-order valence-electron chi connectivity index (χ4n) is 2.42. The van der Waals surface area contributed by atoms with Crippen LogP contribution in [0.1, 0.15) is 18.9 Å². The van der Waals surface area contributed by atoms with Gasteiger partial charge in [-0.25, -0.2) is 4.68 Å². The predicted octanol–water partition coefficient (Wildman–Crippen LogP) is 3.33. The largest absolute Gasteiger partial charge is 0.272 e. The quantitative estimate of drug-likeness (QED) is 0.546. The highest BCUT2D eigenvalue weighted by Gasteiger charge is 2.22. The minimum atomic E-state index is -0.348. The molecule has 0 amide bonds. The molecule has 1 aromatic heterocycles. The molecule has 0 bridgehead atoms. The molecule has 0 saturated carbocycles. The number of benzene rings is 2. The van der Waals surface area contributed by atoms with Crippen molar-refractivity contribution in [2.45, 2.75) is 13.3 Å². The van der Waals surface area contributed by atoms with E-state index in [2.05, 4.69) is 10.3 Å². The monoisotopic (exact) mass is 294 g/mol. The lowest BCUT2D eigenvalue weighted by Gasteiger charge is -2.09. The van der Waals surface area contributed by atoms with Gasteiger partial charge < -0.3 is 0 Å². The predicted molar refractivity (Wildman–Crippen MR) is 83.6 cm³/mol. The zero-order valence-electron chi connectivity index (χ0n) is 12.0. The summed E-state index contributed by atoms with van der Waals surface area (Å²) < 4.78 is 1.55. The highest BCUT2D eigenvalue weighted by Crippen LogP contribution is 2.26. The van der Waals surface area contributed by atoms with Crippen LogP contribution in [0, 0.1) is 10.1 Å². The van der Waals surface area contributed by atoms with E-state index < -0.39 is 0 Å². The number of hydrogen-bond acceptors (Lipinski definition) is 4. The van der Waals surface area contributed by atoms with Crippen LogP contribution >= 0.6 is 0 Å². The molecule has 3 rings (SSSR count). The highest BCUT2D eigenvalue weighted by molar-refractivity contribution is 5.81. The molecule has 2 aromatic carbocycles. The molecule has 0 saturated heterocycles. The molecule has 0 unspecified atom stereocenters. The zero-order chi connectivity index (χ0) is 15.5. The van der Waals surface area contributed by atoms with E-state index >= 15 is 0 Å². The van der Waals surface area contributed by atoms with Crippen molar-refractivity contribution in [3.05, 3.63) is 76.0 Å². The van der Waals surface area contributed by atoms with Crippen molar-refractivity contribution < 1.29 is 4.92 Å². The molecule has 3 aromatic rings. The number of aromatic nitrogens is 3. The van der Waals surface area contributed by atoms with Crippen LogP contribution in [-0.4, -0.2) is 19.9 Å². The third kappa shape index (κ3) is 2.35. The van der Waals surface area contributed by atoms with Gasteiger partial charge in [-0.2, -0.15) is 0 Å². The van der Waals surface area contributed by atoms with Crippen molar-refractivity contribution in [2.75, 3.05) is 0 Å². The summed E-state index contributed by atoms with van der Waals surface area (Å²) in [5.41, 5.74) is 2.76. The molecular formula is C16H14N4O2. The Morgan fingerprint density at radius 1 is 1.14 bits per heavy atom. The number of rotatable bonds is 4. The first-order valence-corrected chi connectivity index (χ1v) is 6.96. The minimum Gasteiger partial charge on any atom is -0.259 e. The molecule has 0 atom stereocenters. The van der Waals surface area contributed by atoms with Crippen LogP contribution in [0.2, 0.25) is 0 Å². The Bertz CT molecular complexity index is 853. The standard InChI is InChI=1S/C16H14N4O2/c1-2-14(20(21)22)16(12-8-4-3-5-9-12)19-15-11-7-6-10-13(15)17-18-19/h3-11H,2H2,1H3/b16-14+.